The van der Waals surface area contributed by atoms with Crippen molar-refractivity contribution in [3.05, 3.63) is 0 Å². The standard InChI is InChI=1S/C36H72NO3.ClH/c1-4-7-9-11-13-15-17-19-21-23-25-27-29-31-35(39)37(6-3,33-34-38)36(40)32-30-28-26-24-22-20-18-16-14-12-10-8-5-2;/h38H,4-34H2,1-3H3;1H/q+1;/p-1. The maximum Gasteiger partial charge on any atom is 0.321 e. The number of hydrogen-bond acceptors (Lipinski definition) is 3. The van der Waals surface area contributed by atoms with Gasteiger partial charge in [-0.3, -0.25) is 0 Å². The summed E-state index contributed by atoms with van der Waals surface area (Å²) in [4.78, 5) is 26.4. The van der Waals surface area contributed by atoms with Crippen molar-refractivity contribution in [1.82, 2.24) is 0 Å². The van der Waals surface area contributed by atoms with Gasteiger partial charge in [0.15, 0.2) is 0 Å². The van der Waals surface area contributed by atoms with Crippen molar-refractivity contribution < 1.29 is 31.6 Å². The molecule has 0 aromatic carbocycles. The predicted molar refractivity (Wildman–Crippen MR) is 173 cm³/mol. The minimum Gasteiger partial charge on any atom is -1.00 e. The summed E-state index contributed by atoms with van der Waals surface area (Å²) in [5, 5.41) is 9.68. The first-order valence-corrected chi connectivity index (χ1v) is 18.1. The van der Waals surface area contributed by atoms with E-state index in [1.165, 1.54) is 141 Å². The highest BCUT2D eigenvalue weighted by molar-refractivity contribution is 5.84. The number of likely N-dealkylation sites (N-methyl/N-ethyl adjacent to an activating group) is 1. The molecule has 0 saturated heterocycles. The van der Waals surface area contributed by atoms with Gasteiger partial charge in [0.1, 0.15) is 6.54 Å². The monoisotopic (exact) mass is 602 g/mol. The van der Waals surface area contributed by atoms with Crippen molar-refractivity contribution >= 4 is 11.8 Å². The molecule has 4 nitrogen and oxygen atoms in total. The molecule has 0 bridgehead atoms. The molecule has 0 aliphatic carbocycles. The second-order valence-electron chi connectivity index (χ2n) is 12.5. The highest BCUT2D eigenvalue weighted by atomic mass is 35.5. The Morgan fingerprint density at radius 2 is 0.683 bits per heavy atom. The Morgan fingerprint density at radius 1 is 0.439 bits per heavy atom. The fourth-order valence-corrected chi connectivity index (χ4v) is 6.09. The summed E-state index contributed by atoms with van der Waals surface area (Å²) in [5.74, 6) is 0.0543. The van der Waals surface area contributed by atoms with Gasteiger partial charge in [0.2, 0.25) is 0 Å². The number of carbonyl (C=O) groups is 2. The molecule has 0 aliphatic heterocycles. The fraction of sp³-hybridized carbons (Fsp3) is 0.944. The number of carbonyl (C=O) groups excluding carboxylic acids is 2. The molecule has 246 valence electrons. The van der Waals surface area contributed by atoms with E-state index >= 15 is 0 Å². The van der Waals surface area contributed by atoms with E-state index in [0.29, 0.717) is 19.4 Å². The predicted octanol–water partition coefficient (Wildman–Crippen LogP) is 7.84. The Balaban J connectivity index is 0. The number of quaternary nitrogens is 1. The lowest BCUT2D eigenvalue weighted by Gasteiger charge is -2.32. The molecule has 0 aromatic rings. The van der Waals surface area contributed by atoms with Crippen LogP contribution in [0.4, 0.5) is 0 Å². The van der Waals surface area contributed by atoms with Crippen molar-refractivity contribution in [2.24, 2.45) is 0 Å². The molecule has 1 N–H and O–H groups in total. The molecule has 0 radical (unpaired) electrons. The topological polar surface area (TPSA) is 54.4 Å². The molecule has 0 atom stereocenters. The van der Waals surface area contributed by atoms with E-state index in [4.69, 9.17) is 0 Å². The van der Waals surface area contributed by atoms with Crippen LogP contribution in [0.3, 0.4) is 0 Å². The third-order valence-corrected chi connectivity index (χ3v) is 8.96. The van der Waals surface area contributed by atoms with Gasteiger partial charge in [-0.05, 0) is 19.8 Å². The van der Waals surface area contributed by atoms with Crippen molar-refractivity contribution in [2.45, 2.75) is 201 Å². The van der Waals surface area contributed by atoms with Crippen LogP contribution in [0, 0.1) is 0 Å². The fourth-order valence-electron chi connectivity index (χ4n) is 6.09. The van der Waals surface area contributed by atoms with Crippen LogP contribution >= 0.6 is 0 Å². The lowest BCUT2D eigenvalue weighted by Crippen LogP contribution is -3.00. The molecular formula is C36H72ClNO3. The van der Waals surface area contributed by atoms with Crippen LogP contribution in [0.15, 0.2) is 0 Å². The molecule has 0 aliphatic rings. The zero-order chi connectivity index (χ0) is 29.6. The molecule has 0 fully saturated rings. The number of unbranched alkanes of at least 4 members (excludes halogenated alkanes) is 24. The number of amides is 2. The molecule has 0 spiro atoms. The summed E-state index contributed by atoms with van der Waals surface area (Å²) in [6, 6.07) is 0. The molecule has 0 aromatic heterocycles. The second kappa shape index (κ2) is 32.5. The van der Waals surface area contributed by atoms with Gasteiger partial charge in [0.05, 0.1) is 26.0 Å². The van der Waals surface area contributed by atoms with Gasteiger partial charge in [-0.1, -0.05) is 168 Å². The van der Waals surface area contributed by atoms with Gasteiger partial charge < -0.3 is 17.5 Å². The van der Waals surface area contributed by atoms with Crippen LogP contribution in [0.2, 0.25) is 0 Å². The average molecular weight is 602 g/mol. The van der Waals surface area contributed by atoms with Crippen LogP contribution in [0.25, 0.3) is 0 Å². The number of aliphatic hydroxyl groups is 1. The largest absolute Gasteiger partial charge is 1.00 e. The summed E-state index contributed by atoms with van der Waals surface area (Å²) in [7, 11) is 0. The Labute approximate surface area is 263 Å². The van der Waals surface area contributed by atoms with Crippen molar-refractivity contribution in [3.8, 4) is 0 Å². The maximum absolute atomic E-state index is 13.2. The minimum absolute atomic E-state index is 0. The summed E-state index contributed by atoms with van der Waals surface area (Å²) >= 11 is 0. The average Bonchev–Trinajstić information content (AvgIpc) is 2.96. The number of rotatable bonds is 31. The smallest absolute Gasteiger partial charge is 0.321 e. The lowest BCUT2D eigenvalue weighted by molar-refractivity contribution is -0.778. The van der Waals surface area contributed by atoms with E-state index in [2.05, 4.69) is 13.8 Å². The first kappa shape index (κ1) is 42.7. The summed E-state index contributed by atoms with van der Waals surface area (Å²) in [5.41, 5.74) is 0. The molecule has 5 heteroatoms. The highest BCUT2D eigenvalue weighted by Gasteiger charge is 2.41. The number of aliphatic hydroxyl groups excluding tert-OH is 1. The van der Waals surface area contributed by atoms with Crippen LogP contribution < -0.4 is 12.4 Å². The number of nitrogens with zero attached hydrogens (tertiary/aromatic N) is 1. The zero-order valence-electron chi connectivity index (χ0n) is 28.0. The third-order valence-electron chi connectivity index (χ3n) is 8.96. The van der Waals surface area contributed by atoms with Crippen LogP contribution in [0.5, 0.6) is 0 Å². The highest BCUT2D eigenvalue weighted by Crippen LogP contribution is 2.19. The molecule has 0 heterocycles. The van der Waals surface area contributed by atoms with Gasteiger partial charge in [-0.2, -0.15) is 4.48 Å². The summed E-state index contributed by atoms with van der Waals surface area (Å²) < 4.78 is -0.146. The molecular weight excluding hydrogens is 530 g/mol. The van der Waals surface area contributed by atoms with Crippen molar-refractivity contribution in [3.63, 3.8) is 0 Å². The molecule has 2 amide bonds. The van der Waals surface area contributed by atoms with E-state index in [9.17, 15) is 14.7 Å². The number of hydrogen-bond donors (Lipinski definition) is 1. The molecule has 0 unspecified atom stereocenters. The van der Waals surface area contributed by atoms with Gasteiger partial charge in [0.25, 0.3) is 0 Å². The molecule has 0 saturated carbocycles. The van der Waals surface area contributed by atoms with Crippen LogP contribution in [0.1, 0.15) is 201 Å². The Bertz CT molecular complexity index is 527. The zero-order valence-corrected chi connectivity index (χ0v) is 28.8. The third kappa shape index (κ3) is 23.7. The van der Waals surface area contributed by atoms with Crippen molar-refractivity contribution in [1.29, 1.82) is 0 Å². The maximum atomic E-state index is 13.2. The quantitative estimate of drug-likeness (QED) is 0.0650. The van der Waals surface area contributed by atoms with Crippen LogP contribution in [-0.2, 0) is 9.59 Å². The lowest BCUT2D eigenvalue weighted by atomic mass is 10.0. The normalized spacial score (nSPS) is 11.5. The Morgan fingerprint density at radius 3 is 0.902 bits per heavy atom. The van der Waals surface area contributed by atoms with E-state index in [0.717, 1.165) is 25.7 Å². The van der Waals surface area contributed by atoms with Gasteiger partial charge >= 0.3 is 11.8 Å². The van der Waals surface area contributed by atoms with Crippen LogP contribution in [-0.4, -0.2) is 41.1 Å². The summed E-state index contributed by atoms with van der Waals surface area (Å²) in [6.45, 7) is 7.07. The summed E-state index contributed by atoms with van der Waals surface area (Å²) in [6.07, 6.45) is 34.3. The van der Waals surface area contributed by atoms with Gasteiger partial charge in [-0.25, -0.2) is 9.59 Å². The molecule has 41 heavy (non-hydrogen) atoms. The first-order valence-electron chi connectivity index (χ1n) is 18.1. The number of imide groups is 1. The van der Waals surface area contributed by atoms with Gasteiger partial charge in [-0.15, -0.1) is 0 Å². The minimum atomic E-state index is -0.146. The van der Waals surface area contributed by atoms with E-state index < -0.39 is 0 Å². The molecule has 0 rings (SSSR count). The Hall–Kier alpha value is -0.450. The van der Waals surface area contributed by atoms with E-state index in [-0.39, 0.29) is 41.9 Å². The number of halogens is 1. The first-order chi connectivity index (χ1) is 19.6. The van der Waals surface area contributed by atoms with E-state index in [1.807, 2.05) is 6.92 Å². The Kier molecular flexibility index (Phi) is 33.8. The van der Waals surface area contributed by atoms with E-state index in [1.54, 1.807) is 0 Å². The van der Waals surface area contributed by atoms with Gasteiger partial charge in [0, 0.05) is 0 Å². The second-order valence-corrected chi connectivity index (χ2v) is 12.5. The van der Waals surface area contributed by atoms with Crippen molar-refractivity contribution in [2.75, 3.05) is 19.7 Å². The SMILES string of the molecule is CCCCCCCCCCCCCCCC(=O)[N+](CC)(CCO)C(=O)CCCCCCCCCCCCCCC.[Cl-].